The molecule has 1 saturated heterocycles. The molecule has 2 amide bonds. The molecule has 1 heterocycles. The molecule has 0 saturated carbocycles. The van der Waals surface area contributed by atoms with Gasteiger partial charge in [0.1, 0.15) is 11.6 Å². The highest BCUT2D eigenvalue weighted by Crippen LogP contribution is 2.17. The van der Waals surface area contributed by atoms with E-state index in [0.717, 1.165) is 18.5 Å². The molecule has 0 bridgehead atoms. The van der Waals surface area contributed by atoms with E-state index < -0.39 is 23.6 Å². The van der Waals surface area contributed by atoms with Crippen molar-refractivity contribution in [2.75, 3.05) is 25.0 Å². The van der Waals surface area contributed by atoms with Crippen molar-refractivity contribution in [1.82, 2.24) is 10.3 Å². The van der Waals surface area contributed by atoms with Crippen molar-refractivity contribution in [3.8, 4) is 0 Å². The Morgan fingerprint density at radius 3 is 2.59 bits per heavy atom. The highest BCUT2D eigenvalue weighted by atomic mass is 16.6. The SMILES string of the molecule is CC(C)(C)OC(=O)N(C[C@H]1CCCO1)C[C@H](Nc1ccccc1)C(=O)NN. The first-order valence-electron chi connectivity index (χ1n) is 9.20. The molecule has 1 aliphatic rings. The second kappa shape index (κ2) is 9.57. The summed E-state index contributed by atoms with van der Waals surface area (Å²) < 4.78 is 11.2. The van der Waals surface area contributed by atoms with Crippen LogP contribution in [0, 0.1) is 0 Å². The van der Waals surface area contributed by atoms with E-state index in [9.17, 15) is 9.59 Å². The minimum absolute atomic E-state index is 0.0594. The summed E-state index contributed by atoms with van der Waals surface area (Å²) >= 11 is 0. The number of hydrogen-bond donors (Lipinski definition) is 3. The lowest BCUT2D eigenvalue weighted by Crippen LogP contribution is -2.52. The average Bonchev–Trinajstić information content (AvgIpc) is 3.12. The van der Waals surface area contributed by atoms with Crippen LogP contribution in [-0.4, -0.2) is 54.3 Å². The number of anilines is 1. The Labute approximate surface area is 160 Å². The molecule has 27 heavy (non-hydrogen) atoms. The lowest BCUT2D eigenvalue weighted by Gasteiger charge is -2.31. The largest absolute Gasteiger partial charge is 0.444 e. The third kappa shape index (κ3) is 7.07. The zero-order valence-electron chi connectivity index (χ0n) is 16.2. The monoisotopic (exact) mass is 378 g/mol. The summed E-state index contributed by atoms with van der Waals surface area (Å²) in [6.07, 6.45) is 1.29. The van der Waals surface area contributed by atoms with Gasteiger partial charge in [-0.05, 0) is 45.7 Å². The van der Waals surface area contributed by atoms with Crippen LogP contribution >= 0.6 is 0 Å². The van der Waals surface area contributed by atoms with E-state index in [0.29, 0.717) is 13.2 Å². The number of nitrogens with two attached hydrogens (primary N) is 1. The second-order valence-electron chi connectivity index (χ2n) is 7.59. The minimum Gasteiger partial charge on any atom is -0.444 e. The number of ether oxygens (including phenoxy) is 2. The maximum Gasteiger partial charge on any atom is 0.410 e. The molecule has 1 fully saturated rings. The van der Waals surface area contributed by atoms with Crippen molar-refractivity contribution in [3.63, 3.8) is 0 Å². The molecule has 1 aromatic rings. The molecule has 0 spiro atoms. The lowest BCUT2D eigenvalue weighted by molar-refractivity contribution is -0.122. The van der Waals surface area contributed by atoms with Crippen LogP contribution in [0.25, 0.3) is 0 Å². The molecule has 2 rings (SSSR count). The van der Waals surface area contributed by atoms with Gasteiger partial charge in [-0.25, -0.2) is 10.6 Å². The number of para-hydroxylation sites is 1. The van der Waals surface area contributed by atoms with Crippen molar-refractivity contribution in [2.45, 2.75) is 51.4 Å². The molecule has 4 N–H and O–H groups in total. The number of nitrogens with one attached hydrogen (secondary N) is 2. The molecular formula is C19H30N4O4. The van der Waals surface area contributed by atoms with Crippen LogP contribution in [0.15, 0.2) is 30.3 Å². The molecule has 0 unspecified atom stereocenters. The summed E-state index contributed by atoms with van der Waals surface area (Å²) in [5, 5.41) is 3.12. The Morgan fingerprint density at radius 2 is 2.04 bits per heavy atom. The third-order valence-electron chi connectivity index (χ3n) is 4.08. The van der Waals surface area contributed by atoms with Crippen molar-refractivity contribution >= 4 is 17.7 Å². The Hall–Kier alpha value is -2.32. The van der Waals surface area contributed by atoms with Gasteiger partial charge in [-0.1, -0.05) is 18.2 Å². The van der Waals surface area contributed by atoms with Gasteiger partial charge in [-0.2, -0.15) is 0 Å². The predicted molar refractivity (Wildman–Crippen MR) is 103 cm³/mol. The molecule has 1 aromatic carbocycles. The van der Waals surface area contributed by atoms with Gasteiger partial charge in [0, 0.05) is 12.3 Å². The number of benzene rings is 1. The first kappa shape index (κ1) is 21.0. The maximum absolute atomic E-state index is 12.7. The fraction of sp³-hybridized carbons (Fsp3) is 0.579. The number of carbonyl (C=O) groups excluding carboxylic acids is 2. The van der Waals surface area contributed by atoms with Crippen molar-refractivity contribution in [3.05, 3.63) is 30.3 Å². The van der Waals surface area contributed by atoms with Gasteiger partial charge in [0.15, 0.2) is 0 Å². The van der Waals surface area contributed by atoms with Crippen LogP contribution in [0.2, 0.25) is 0 Å². The second-order valence-corrected chi connectivity index (χ2v) is 7.59. The smallest absolute Gasteiger partial charge is 0.410 e. The molecule has 2 atom stereocenters. The van der Waals surface area contributed by atoms with E-state index in [-0.39, 0.29) is 12.6 Å². The highest BCUT2D eigenvalue weighted by Gasteiger charge is 2.30. The predicted octanol–water partition coefficient (Wildman–Crippen LogP) is 1.87. The number of carbonyl (C=O) groups is 2. The molecule has 0 aliphatic carbocycles. The third-order valence-corrected chi connectivity index (χ3v) is 4.08. The molecule has 0 aromatic heterocycles. The molecule has 0 radical (unpaired) electrons. The van der Waals surface area contributed by atoms with Crippen molar-refractivity contribution in [2.24, 2.45) is 5.84 Å². The van der Waals surface area contributed by atoms with Crippen LogP contribution < -0.4 is 16.6 Å². The van der Waals surface area contributed by atoms with Gasteiger partial charge in [0.25, 0.3) is 5.91 Å². The van der Waals surface area contributed by atoms with Gasteiger partial charge in [-0.15, -0.1) is 0 Å². The number of nitrogens with zero attached hydrogens (tertiary/aromatic N) is 1. The number of hydrazine groups is 1. The normalized spacial score (nSPS) is 17.9. The molecule has 8 heteroatoms. The highest BCUT2D eigenvalue weighted by molar-refractivity contribution is 5.85. The van der Waals surface area contributed by atoms with E-state index in [4.69, 9.17) is 15.3 Å². The summed E-state index contributed by atoms with van der Waals surface area (Å²) in [6, 6.07) is 8.55. The summed E-state index contributed by atoms with van der Waals surface area (Å²) in [7, 11) is 0. The number of amides is 2. The van der Waals surface area contributed by atoms with Crippen molar-refractivity contribution < 1.29 is 19.1 Å². The lowest BCUT2D eigenvalue weighted by atomic mass is 10.2. The first-order chi connectivity index (χ1) is 12.8. The fourth-order valence-electron chi connectivity index (χ4n) is 2.83. The maximum atomic E-state index is 12.7. The minimum atomic E-state index is -0.730. The van der Waals surface area contributed by atoms with E-state index in [1.165, 1.54) is 4.90 Å². The molecule has 8 nitrogen and oxygen atoms in total. The zero-order valence-corrected chi connectivity index (χ0v) is 16.2. The Kier molecular flexibility index (Phi) is 7.44. The number of hydrogen-bond acceptors (Lipinski definition) is 6. The molecular weight excluding hydrogens is 348 g/mol. The topological polar surface area (TPSA) is 106 Å². The van der Waals surface area contributed by atoms with E-state index >= 15 is 0 Å². The van der Waals surface area contributed by atoms with Gasteiger partial charge in [0.2, 0.25) is 0 Å². The van der Waals surface area contributed by atoms with Gasteiger partial charge >= 0.3 is 6.09 Å². The van der Waals surface area contributed by atoms with Crippen LogP contribution in [0.4, 0.5) is 10.5 Å². The van der Waals surface area contributed by atoms with Crippen LogP contribution in [0.1, 0.15) is 33.6 Å². The van der Waals surface area contributed by atoms with Crippen LogP contribution in [-0.2, 0) is 14.3 Å². The molecule has 1 aliphatic heterocycles. The average molecular weight is 378 g/mol. The van der Waals surface area contributed by atoms with Crippen molar-refractivity contribution in [1.29, 1.82) is 0 Å². The summed E-state index contributed by atoms with van der Waals surface area (Å²) in [5.74, 6) is 4.93. The van der Waals surface area contributed by atoms with Gasteiger partial charge in [-0.3, -0.25) is 10.2 Å². The standard InChI is InChI=1S/C19H30N4O4/c1-19(2,3)27-18(25)23(12-15-10-7-11-26-15)13-16(17(24)22-20)21-14-8-5-4-6-9-14/h4-6,8-9,15-16,21H,7,10-13,20H2,1-3H3,(H,22,24)/t15-,16+/m1/s1. The Balaban J connectivity index is 2.14. The summed E-state index contributed by atoms with van der Waals surface area (Å²) in [6.45, 7) is 6.57. The Bertz CT molecular complexity index is 612. The fourth-order valence-corrected chi connectivity index (χ4v) is 2.83. The zero-order chi connectivity index (χ0) is 19.9. The molecule has 150 valence electrons. The van der Waals surface area contributed by atoms with Crippen LogP contribution in [0.3, 0.4) is 0 Å². The summed E-state index contributed by atoms with van der Waals surface area (Å²) in [4.78, 5) is 26.5. The van der Waals surface area contributed by atoms with E-state index in [2.05, 4.69) is 10.7 Å². The van der Waals surface area contributed by atoms with Gasteiger partial charge in [0.05, 0.1) is 19.2 Å². The van der Waals surface area contributed by atoms with E-state index in [1.807, 2.05) is 30.3 Å². The Morgan fingerprint density at radius 1 is 1.33 bits per heavy atom. The summed E-state index contributed by atoms with van der Waals surface area (Å²) in [5.41, 5.74) is 2.28. The van der Waals surface area contributed by atoms with Crippen LogP contribution in [0.5, 0.6) is 0 Å². The van der Waals surface area contributed by atoms with Gasteiger partial charge < -0.3 is 19.7 Å². The quantitative estimate of drug-likeness (QED) is 0.380. The number of rotatable bonds is 7. The van der Waals surface area contributed by atoms with E-state index in [1.54, 1.807) is 20.8 Å². The first-order valence-corrected chi connectivity index (χ1v) is 9.20.